The summed E-state index contributed by atoms with van der Waals surface area (Å²) < 4.78 is 0. The molecular formula is C23H30N4O4S. The number of aliphatic hydroxyl groups is 1. The highest BCUT2D eigenvalue weighted by Crippen LogP contribution is 2.28. The first-order chi connectivity index (χ1) is 15.1. The Morgan fingerprint density at radius 1 is 1.31 bits per heavy atom. The molecule has 0 aliphatic carbocycles. The maximum Gasteiger partial charge on any atom is 0.246 e. The zero-order chi connectivity index (χ0) is 23.5. The summed E-state index contributed by atoms with van der Waals surface area (Å²) >= 11 is 1.59. The number of rotatable bonds is 7. The molecule has 3 amide bonds. The van der Waals surface area contributed by atoms with Gasteiger partial charge in [0, 0.05) is 19.5 Å². The number of carbonyl (C=O) groups is 3. The summed E-state index contributed by atoms with van der Waals surface area (Å²) in [6.45, 7) is 7.86. The maximum absolute atomic E-state index is 13.1. The van der Waals surface area contributed by atoms with Crippen molar-refractivity contribution >= 4 is 29.6 Å². The number of aromatic nitrogens is 1. The van der Waals surface area contributed by atoms with Crippen LogP contribution < -0.4 is 10.6 Å². The van der Waals surface area contributed by atoms with Gasteiger partial charge in [0.25, 0.3) is 0 Å². The van der Waals surface area contributed by atoms with E-state index >= 15 is 0 Å². The number of hydrogen-bond donors (Lipinski definition) is 3. The van der Waals surface area contributed by atoms with E-state index in [2.05, 4.69) is 15.6 Å². The van der Waals surface area contributed by atoms with E-state index in [1.165, 1.54) is 4.90 Å². The highest BCUT2D eigenvalue weighted by molar-refractivity contribution is 7.13. The van der Waals surface area contributed by atoms with Crippen LogP contribution in [0.1, 0.15) is 38.4 Å². The molecule has 9 heteroatoms. The summed E-state index contributed by atoms with van der Waals surface area (Å²) in [6, 6.07) is 6.32. The summed E-state index contributed by atoms with van der Waals surface area (Å²) in [6.07, 6.45) is -0.125. The highest BCUT2D eigenvalue weighted by Gasteiger charge is 2.43. The van der Waals surface area contributed by atoms with Crippen LogP contribution in [0.25, 0.3) is 10.4 Å². The van der Waals surface area contributed by atoms with Gasteiger partial charge in [0.2, 0.25) is 18.2 Å². The highest BCUT2D eigenvalue weighted by atomic mass is 32.1. The first-order valence-corrected chi connectivity index (χ1v) is 11.4. The Balaban J connectivity index is 1.66. The first kappa shape index (κ1) is 23.9. The van der Waals surface area contributed by atoms with Crippen LogP contribution in [0.5, 0.6) is 0 Å². The Labute approximate surface area is 192 Å². The molecular weight excluding hydrogens is 428 g/mol. The van der Waals surface area contributed by atoms with Crippen molar-refractivity contribution in [1.82, 2.24) is 20.5 Å². The lowest BCUT2D eigenvalue weighted by Gasteiger charge is -2.34. The minimum atomic E-state index is -0.789. The molecule has 1 aliphatic rings. The normalized spacial score (nSPS) is 19.5. The molecule has 1 aliphatic heterocycles. The number of amides is 3. The second-order valence-corrected chi connectivity index (χ2v) is 10.0. The van der Waals surface area contributed by atoms with E-state index in [0.29, 0.717) is 13.0 Å². The molecule has 0 spiro atoms. The third-order valence-corrected chi connectivity index (χ3v) is 6.62. The molecule has 1 aromatic carbocycles. The van der Waals surface area contributed by atoms with Gasteiger partial charge in [0.05, 0.1) is 22.2 Å². The summed E-state index contributed by atoms with van der Waals surface area (Å²) in [5.74, 6) is -0.693. The number of aryl methyl sites for hydroxylation is 1. The summed E-state index contributed by atoms with van der Waals surface area (Å²) in [4.78, 5) is 43.8. The summed E-state index contributed by atoms with van der Waals surface area (Å²) in [7, 11) is 0. The Hall–Kier alpha value is -2.78. The predicted octanol–water partition coefficient (Wildman–Crippen LogP) is 1.86. The van der Waals surface area contributed by atoms with Gasteiger partial charge in [-0.05, 0) is 23.5 Å². The maximum atomic E-state index is 13.1. The van der Waals surface area contributed by atoms with Gasteiger partial charge in [0.15, 0.2) is 0 Å². The standard InChI is InChI=1S/C23H30N4O4S/c1-14-19(32-13-26-14)16-7-5-15(6-8-16)10-24-21(30)18-9-17(29)11-27(18)22(31)20(25-12-28)23(2,3)4/h5-8,12-13,17-18,20,29H,9-11H2,1-4H3,(H,24,30)(H,25,28)/t17-,18+,20-/m1/s1. The van der Waals surface area contributed by atoms with E-state index in [1.54, 1.807) is 11.3 Å². The van der Waals surface area contributed by atoms with Crippen molar-refractivity contribution in [3.8, 4) is 10.4 Å². The molecule has 1 aromatic heterocycles. The van der Waals surface area contributed by atoms with Gasteiger partial charge in [-0.1, -0.05) is 45.0 Å². The van der Waals surface area contributed by atoms with Gasteiger partial charge in [-0.2, -0.15) is 0 Å². The number of aliphatic hydroxyl groups excluding tert-OH is 1. The summed E-state index contributed by atoms with van der Waals surface area (Å²) in [5, 5.41) is 15.6. The monoisotopic (exact) mass is 458 g/mol. The fraction of sp³-hybridized carbons (Fsp3) is 0.478. The first-order valence-electron chi connectivity index (χ1n) is 10.6. The SMILES string of the molecule is Cc1ncsc1-c1ccc(CNC(=O)[C@@H]2C[C@@H](O)CN2C(=O)[C@@H](NC=O)C(C)(C)C)cc1. The Morgan fingerprint density at radius 2 is 2.00 bits per heavy atom. The van der Waals surface area contributed by atoms with Crippen molar-refractivity contribution < 1.29 is 19.5 Å². The number of hydrogen-bond acceptors (Lipinski definition) is 6. The molecule has 2 heterocycles. The molecule has 0 saturated carbocycles. The predicted molar refractivity (Wildman–Crippen MR) is 123 cm³/mol. The van der Waals surface area contributed by atoms with Crippen molar-refractivity contribution in [1.29, 1.82) is 0 Å². The number of nitrogens with one attached hydrogen (secondary N) is 2. The molecule has 32 heavy (non-hydrogen) atoms. The second-order valence-electron chi connectivity index (χ2n) is 9.16. The Kier molecular flexibility index (Phi) is 7.30. The fourth-order valence-corrected chi connectivity index (χ4v) is 4.70. The minimum Gasteiger partial charge on any atom is -0.391 e. The molecule has 0 radical (unpaired) electrons. The van der Waals surface area contributed by atoms with Crippen molar-refractivity contribution in [3.05, 3.63) is 41.0 Å². The average molecular weight is 459 g/mol. The van der Waals surface area contributed by atoms with E-state index < -0.39 is 23.6 Å². The second kappa shape index (κ2) is 9.79. The van der Waals surface area contributed by atoms with Crippen LogP contribution >= 0.6 is 11.3 Å². The van der Waals surface area contributed by atoms with Crippen LogP contribution in [-0.2, 0) is 20.9 Å². The van der Waals surface area contributed by atoms with Crippen molar-refractivity contribution in [2.45, 2.75) is 58.8 Å². The largest absolute Gasteiger partial charge is 0.391 e. The van der Waals surface area contributed by atoms with Crippen molar-refractivity contribution in [2.24, 2.45) is 5.41 Å². The zero-order valence-electron chi connectivity index (χ0n) is 18.8. The van der Waals surface area contributed by atoms with E-state index in [1.807, 2.05) is 57.5 Å². The number of nitrogens with zero attached hydrogens (tertiary/aromatic N) is 2. The average Bonchev–Trinajstić information content (AvgIpc) is 3.35. The van der Waals surface area contributed by atoms with Crippen LogP contribution in [-0.4, -0.2) is 57.9 Å². The lowest BCUT2D eigenvalue weighted by Crippen LogP contribution is -2.56. The van der Waals surface area contributed by atoms with Gasteiger partial charge < -0.3 is 20.6 Å². The molecule has 172 valence electrons. The third-order valence-electron chi connectivity index (χ3n) is 5.64. The number of β-amino-alcohol motifs (C(OH)–C–C–N with tert-alkyl or cyclic N) is 1. The molecule has 1 fully saturated rings. The molecule has 0 unspecified atom stereocenters. The molecule has 3 N–H and O–H groups in total. The van der Waals surface area contributed by atoms with Crippen LogP contribution in [0, 0.1) is 12.3 Å². The van der Waals surface area contributed by atoms with E-state index in [9.17, 15) is 19.5 Å². The van der Waals surface area contributed by atoms with Crippen LogP contribution in [0.3, 0.4) is 0 Å². The van der Waals surface area contributed by atoms with Crippen LogP contribution in [0.4, 0.5) is 0 Å². The fourth-order valence-electron chi connectivity index (χ4n) is 3.89. The molecule has 3 atom stereocenters. The molecule has 2 aromatic rings. The number of carbonyl (C=O) groups excluding carboxylic acids is 3. The van der Waals surface area contributed by atoms with Gasteiger partial charge in [0.1, 0.15) is 12.1 Å². The quantitative estimate of drug-likeness (QED) is 0.549. The zero-order valence-corrected chi connectivity index (χ0v) is 19.6. The van der Waals surface area contributed by atoms with Crippen LogP contribution in [0.15, 0.2) is 29.8 Å². The number of benzene rings is 1. The van der Waals surface area contributed by atoms with Gasteiger partial charge >= 0.3 is 0 Å². The lowest BCUT2D eigenvalue weighted by atomic mass is 9.85. The van der Waals surface area contributed by atoms with E-state index in [0.717, 1.165) is 21.7 Å². The molecule has 8 nitrogen and oxygen atoms in total. The van der Waals surface area contributed by atoms with E-state index in [-0.39, 0.29) is 24.8 Å². The summed E-state index contributed by atoms with van der Waals surface area (Å²) in [5.41, 5.74) is 4.27. The minimum absolute atomic E-state index is 0.0624. The molecule has 3 rings (SSSR count). The number of thiazole rings is 1. The van der Waals surface area contributed by atoms with Gasteiger partial charge in [-0.15, -0.1) is 11.3 Å². The third kappa shape index (κ3) is 5.34. The smallest absolute Gasteiger partial charge is 0.246 e. The Bertz CT molecular complexity index is 967. The van der Waals surface area contributed by atoms with Crippen molar-refractivity contribution in [3.63, 3.8) is 0 Å². The number of likely N-dealkylation sites (tertiary alicyclic amines) is 1. The lowest BCUT2D eigenvalue weighted by molar-refractivity contribution is -0.143. The van der Waals surface area contributed by atoms with Crippen molar-refractivity contribution in [2.75, 3.05) is 6.54 Å². The molecule has 1 saturated heterocycles. The van der Waals surface area contributed by atoms with Gasteiger partial charge in [-0.25, -0.2) is 4.98 Å². The van der Waals surface area contributed by atoms with E-state index in [4.69, 9.17) is 0 Å². The molecule has 0 bridgehead atoms. The Morgan fingerprint density at radius 3 is 2.56 bits per heavy atom. The van der Waals surface area contributed by atoms with Gasteiger partial charge in [-0.3, -0.25) is 14.4 Å². The van der Waals surface area contributed by atoms with Crippen LogP contribution in [0.2, 0.25) is 0 Å². The topological polar surface area (TPSA) is 112 Å².